The summed E-state index contributed by atoms with van der Waals surface area (Å²) in [5.41, 5.74) is 0.419. The molecule has 1 aliphatic heterocycles. The quantitative estimate of drug-likeness (QED) is 0.605. The topological polar surface area (TPSA) is 99.4 Å². The summed E-state index contributed by atoms with van der Waals surface area (Å²) in [7, 11) is 1.33. The minimum atomic E-state index is -1.27. The van der Waals surface area contributed by atoms with Crippen LogP contribution in [0.4, 0.5) is 4.79 Å². The molecule has 14 heavy (non-hydrogen) atoms. The first-order chi connectivity index (χ1) is 6.56. The predicted octanol–water partition coefficient (Wildman–Crippen LogP) is -0.174. The Morgan fingerprint density at radius 2 is 2.21 bits per heavy atom. The molecule has 1 atom stereocenters. The molecule has 7 nitrogen and oxygen atoms in total. The smallest absolute Gasteiger partial charge is 0.408 e. The van der Waals surface area contributed by atoms with Gasteiger partial charge in [-0.05, 0) is 0 Å². The molecule has 7 heteroatoms. The summed E-state index contributed by atoms with van der Waals surface area (Å²) in [5.74, 6) is -1.17. The molecule has 0 aliphatic carbocycles. The Morgan fingerprint density at radius 3 is 2.57 bits per heavy atom. The molecule has 2 N–H and O–H groups in total. The Bertz CT molecular complexity index is 264. The highest BCUT2D eigenvalue weighted by molar-refractivity contribution is 5.97. The Balaban J connectivity index is 2.80. The van der Waals surface area contributed by atoms with Gasteiger partial charge in [-0.3, -0.25) is 4.90 Å². The lowest BCUT2D eigenvalue weighted by atomic mass is 10.2. The maximum absolute atomic E-state index is 10.7. The van der Waals surface area contributed by atoms with Crippen LogP contribution in [0, 0.1) is 0 Å². The third-order valence-electron chi connectivity index (χ3n) is 1.91. The second kappa shape index (κ2) is 3.95. The van der Waals surface area contributed by atoms with E-state index in [0.717, 1.165) is 4.90 Å². The molecule has 1 aliphatic rings. The number of oxime groups is 1. The van der Waals surface area contributed by atoms with Crippen molar-refractivity contribution in [2.24, 2.45) is 5.16 Å². The van der Waals surface area contributed by atoms with Gasteiger partial charge in [-0.15, -0.1) is 0 Å². The van der Waals surface area contributed by atoms with E-state index in [1.807, 2.05) is 0 Å². The average molecular weight is 202 g/mol. The molecule has 78 valence electrons. The lowest BCUT2D eigenvalue weighted by Crippen LogP contribution is -2.39. The Hall–Kier alpha value is -1.79. The molecule has 1 fully saturated rings. The molecule has 0 saturated carbocycles. The number of carbonyl (C=O) groups is 2. The molecule has 0 bridgehead atoms. The van der Waals surface area contributed by atoms with Gasteiger partial charge in [-0.1, -0.05) is 5.16 Å². The number of nitrogens with zero attached hydrogens (tertiary/aromatic N) is 2. The maximum atomic E-state index is 10.7. The van der Waals surface area contributed by atoms with Crippen LogP contribution in [0.2, 0.25) is 0 Å². The minimum absolute atomic E-state index is 0.0137. The van der Waals surface area contributed by atoms with E-state index >= 15 is 0 Å². The Labute approximate surface area is 79.6 Å². The normalized spacial score (nSPS) is 23.9. The van der Waals surface area contributed by atoms with E-state index in [4.69, 9.17) is 10.2 Å². The van der Waals surface area contributed by atoms with Gasteiger partial charge in [0.15, 0.2) is 0 Å². The standard InChI is InChI=1S/C7H10N2O5/c1-14-8-4-2-5(6(10)11)9(3-4)7(12)13/h5H,2-3H2,1H3,(H,10,11)(H,12,13)/b8-4+/t5-/m0/s1. The third-order valence-corrected chi connectivity index (χ3v) is 1.91. The molecule has 1 amide bonds. The van der Waals surface area contributed by atoms with Crippen molar-refractivity contribution >= 4 is 17.8 Å². The highest BCUT2D eigenvalue weighted by Gasteiger charge is 2.38. The monoisotopic (exact) mass is 202 g/mol. The number of amides is 1. The summed E-state index contributed by atoms with van der Waals surface area (Å²) < 4.78 is 0. The van der Waals surface area contributed by atoms with Crippen LogP contribution in [0.15, 0.2) is 5.16 Å². The lowest BCUT2D eigenvalue weighted by molar-refractivity contribution is -0.141. The number of aliphatic carboxylic acids is 1. The first-order valence-corrected chi connectivity index (χ1v) is 3.87. The molecule has 1 heterocycles. The van der Waals surface area contributed by atoms with Crippen LogP contribution in [-0.2, 0) is 9.63 Å². The largest absolute Gasteiger partial charge is 0.480 e. The van der Waals surface area contributed by atoms with Crippen molar-refractivity contribution in [2.45, 2.75) is 12.5 Å². The van der Waals surface area contributed by atoms with Gasteiger partial charge in [0.1, 0.15) is 13.2 Å². The van der Waals surface area contributed by atoms with Crippen LogP contribution in [0.1, 0.15) is 6.42 Å². The van der Waals surface area contributed by atoms with Gasteiger partial charge < -0.3 is 15.1 Å². The number of carboxylic acid groups (broad SMARTS) is 2. The number of hydrogen-bond acceptors (Lipinski definition) is 4. The molecule has 0 aromatic rings. The zero-order valence-electron chi connectivity index (χ0n) is 7.51. The fourth-order valence-electron chi connectivity index (χ4n) is 1.32. The molecule has 0 radical (unpaired) electrons. The van der Waals surface area contributed by atoms with Crippen molar-refractivity contribution in [3.8, 4) is 0 Å². The summed E-state index contributed by atoms with van der Waals surface area (Å²) >= 11 is 0. The van der Waals surface area contributed by atoms with E-state index in [0.29, 0.717) is 5.71 Å². The van der Waals surface area contributed by atoms with E-state index in [-0.39, 0.29) is 13.0 Å². The zero-order valence-corrected chi connectivity index (χ0v) is 7.51. The fraction of sp³-hybridized carbons (Fsp3) is 0.571. The van der Waals surface area contributed by atoms with Crippen LogP contribution in [0.5, 0.6) is 0 Å². The van der Waals surface area contributed by atoms with E-state index < -0.39 is 18.1 Å². The van der Waals surface area contributed by atoms with Crippen LogP contribution in [0.25, 0.3) is 0 Å². The number of carboxylic acids is 1. The van der Waals surface area contributed by atoms with Gasteiger partial charge in [0.05, 0.1) is 12.3 Å². The van der Waals surface area contributed by atoms with Crippen LogP contribution in [-0.4, -0.2) is 52.6 Å². The minimum Gasteiger partial charge on any atom is -0.480 e. The van der Waals surface area contributed by atoms with Gasteiger partial charge in [-0.2, -0.15) is 0 Å². The Morgan fingerprint density at radius 1 is 1.57 bits per heavy atom. The van der Waals surface area contributed by atoms with Gasteiger partial charge >= 0.3 is 12.1 Å². The van der Waals surface area contributed by atoms with E-state index in [1.165, 1.54) is 7.11 Å². The molecule has 0 aromatic heterocycles. The van der Waals surface area contributed by atoms with Gasteiger partial charge in [0.25, 0.3) is 0 Å². The molecule has 1 saturated heterocycles. The first-order valence-electron chi connectivity index (χ1n) is 3.87. The summed E-state index contributed by atoms with van der Waals surface area (Å²) in [4.78, 5) is 26.6. The molecule has 0 spiro atoms. The van der Waals surface area contributed by atoms with Crippen molar-refractivity contribution in [3.05, 3.63) is 0 Å². The summed E-state index contributed by atoms with van der Waals surface area (Å²) in [6, 6.07) is -1.05. The second-order valence-electron chi connectivity index (χ2n) is 2.81. The molecule has 0 aromatic carbocycles. The zero-order chi connectivity index (χ0) is 10.7. The van der Waals surface area contributed by atoms with Crippen molar-refractivity contribution in [1.29, 1.82) is 0 Å². The first kappa shape index (κ1) is 10.3. The van der Waals surface area contributed by atoms with E-state index in [1.54, 1.807) is 0 Å². The summed E-state index contributed by atoms with van der Waals surface area (Å²) in [5, 5.41) is 20.9. The summed E-state index contributed by atoms with van der Waals surface area (Å²) in [6.07, 6.45) is -1.19. The third kappa shape index (κ3) is 1.93. The number of rotatable bonds is 2. The SMILES string of the molecule is CO/N=C1\C[C@@H](C(=O)O)N(C(=O)O)C1. The average Bonchev–Trinajstić information content (AvgIpc) is 2.49. The van der Waals surface area contributed by atoms with E-state index in [9.17, 15) is 9.59 Å². The lowest BCUT2D eigenvalue weighted by Gasteiger charge is -2.15. The highest BCUT2D eigenvalue weighted by atomic mass is 16.6. The summed E-state index contributed by atoms with van der Waals surface area (Å²) in [6.45, 7) is -0.0137. The highest BCUT2D eigenvalue weighted by Crippen LogP contribution is 2.15. The maximum Gasteiger partial charge on any atom is 0.408 e. The van der Waals surface area contributed by atoms with E-state index in [2.05, 4.69) is 9.99 Å². The van der Waals surface area contributed by atoms with Crippen molar-refractivity contribution < 1.29 is 24.6 Å². The van der Waals surface area contributed by atoms with Crippen LogP contribution < -0.4 is 0 Å². The van der Waals surface area contributed by atoms with Crippen LogP contribution >= 0.6 is 0 Å². The molecular formula is C7H10N2O5. The Kier molecular flexibility index (Phi) is 2.90. The van der Waals surface area contributed by atoms with Gasteiger partial charge in [-0.25, -0.2) is 9.59 Å². The molecule has 0 unspecified atom stereocenters. The predicted molar refractivity (Wildman–Crippen MR) is 45.2 cm³/mol. The molecule has 1 rings (SSSR count). The van der Waals surface area contributed by atoms with Crippen molar-refractivity contribution in [1.82, 2.24) is 4.90 Å². The molecular weight excluding hydrogens is 192 g/mol. The number of likely N-dealkylation sites (tertiary alicyclic amines) is 1. The van der Waals surface area contributed by atoms with Gasteiger partial charge in [0.2, 0.25) is 0 Å². The number of hydrogen-bond donors (Lipinski definition) is 2. The van der Waals surface area contributed by atoms with Crippen LogP contribution in [0.3, 0.4) is 0 Å². The van der Waals surface area contributed by atoms with Gasteiger partial charge in [0, 0.05) is 6.42 Å². The van der Waals surface area contributed by atoms with Crippen molar-refractivity contribution in [3.63, 3.8) is 0 Å². The fourth-order valence-corrected chi connectivity index (χ4v) is 1.32. The second-order valence-corrected chi connectivity index (χ2v) is 2.81. The van der Waals surface area contributed by atoms with Crippen molar-refractivity contribution in [2.75, 3.05) is 13.7 Å².